The van der Waals surface area contributed by atoms with Gasteiger partial charge in [0.05, 0.1) is 0 Å². The fourth-order valence-corrected chi connectivity index (χ4v) is 3.09. The van der Waals surface area contributed by atoms with E-state index in [9.17, 15) is 19.8 Å². The highest BCUT2D eigenvalue weighted by Gasteiger charge is 2.29. The second-order valence-corrected chi connectivity index (χ2v) is 7.28. The number of carboxylic acid groups (broad SMARTS) is 2. The zero-order chi connectivity index (χ0) is 20.0. The highest BCUT2D eigenvalue weighted by molar-refractivity contribution is 5.79. The quantitative estimate of drug-likeness (QED) is 0.708. The molecule has 0 fully saturated rings. The minimum Gasteiger partial charge on any atom is -0.480 e. The van der Waals surface area contributed by atoms with Gasteiger partial charge in [0.25, 0.3) is 0 Å². The van der Waals surface area contributed by atoms with Crippen molar-refractivity contribution < 1.29 is 19.8 Å². The first-order valence-electron chi connectivity index (χ1n) is 9.16. The van der Waals surface area contributed by atoms with Gasteiger partial charge in [-0.25, -0.2) is 9.59 Å². The van der Waals surface area contributed by atoms with E-state index in [4.69, 9.17) is 0 Å². The molecule has 144 valence electrons. The molecule has 5 nitrogen and oxygen atoms in total. The third-order valence-electron chi connectivity index (χ3n) is 4.55. The Hall–Kier alpha value is -2.82. The Kier molecular flexibility index (Phi) is 6.99. The van der Waals surface area contributed by atoms with Crippen LogP contribution in [0.25, 0.3) is 11.1 Å². The third-order valence-corrected chi connectivity index (χ3v) is 4.55. The van der Waals surface area contributed by atoms with Gasteiger partial charge in [-0.05, 0) is 42.4 Å². The van der Waals surface area contributed by atoms with Crippen LogP contribution in [0.2, 0.25) is 0 Å². The normalized spacial score (nSPS) is 12.0. The molecule has 0 spiro atoms. The van der Waals surface area contributed by atoms with Gasteiger partial charge >= 0.3 is 12.1 Å². The number of hydrogen-bond acceptors (Lipinski definition) is 2. The molecule has 2 N–H and O–H groups in total. The van der Waals surface area contributed by atoms with Crippen LogP contribution in [-0.2, 0) is 11.2 Å². The molecule has 0 aliphatic rings. The summed E-state index contributed by atoms with van der Waals surface area (Å²) in [6, 6.07) is 15.1. The summed E-state index contributed by atoms with van der Waals surface area (Å²) in [6.45, 7) is 5.97. The van der Waals surface area contributed by atoms with Crippen LogP contribution in [0.4, 0.5) is 4.79 Å². The number of carbonyl (C=O) groups is 2. The molecule has 2 rings (SSSR count). The maximum atomic E-state index is 11.6. The van der Waals surface area contributed by atoms with Crippen LogP contribution >= 0.6 is 0 Å². The summed E-state index contributed by atoms with van der Waals surface area (Å²) in [5.41, 5.74) is 4.33. The molecule has 0 radical (unpaired) electrons. The Labute approximate surface area is 160 Å². The summed E-state index contributed by atoms with van der Waals surface area (Å²) < 4.78 is 0. The second-order valence-electron chi connectivity index (χ2n) is 7.28. The predicted octanol–water partition coefficient (Wildman–Crippen LogP) is 4.68. The number of carboxylic acids is 1. The molecule has 0 saturated carbocycles. The van der Waals surface area contributed by atoms with Crippen molar-refractivity contribution in [3.63, 3.8) is 0 Å². The molecule has 0 heterocycles. The van der Waals surface area contributed by atoms with Crippen LogP contribution in [0.1, 0.15) is 31.4 Å². The average Bonchev–Trinajstić information content (AvgIpc) is 2.61. The van der Waals surface area contributed by atoms with Crippen LogP contribution in [0, 0.1) is 12.8 Å². The lowest BCUT2D eigenvalue weighted by molar-refractivity contribution is -0.143. The van der Waals surface area contributed by atoms with Crippen LogP contribution < -0.4 is 0 Å². The van der Waals surface area contributed by atoms with E-state index in [2.05, 4.69) is 24.3 Å². The van der Waals surface area contributed by atoms with Crippen molar-refractivity contribution in [2.75, 3.05) is 6.54 Å². The number of rotatable bonds is 8. The van der Waals surface area contributed by atoms with E-state index in [0.29, 0.717) is 12.8 Å². The average molecular weight is 369 g/mol. The fourth-order valence-electron chi connectivity index (χ4n) is 3.09. The van der Waals surface area contributed by atoms with Gasteiger partial charge in [0, 0.05) is 6.54 Å². The first kappa shape index (κ1) is 20.5. The number of amides is 1. The Bertz CT molecular complexity index is 783. The summed E-state index contributed by atoms with van der Waals surface area (Å²) in [5.74, 6) is -1.00. The van der Waals surface area contributed by atoms with Gasteiger partial charge in [0.15, 0.2) is 0 Å². The number of hydrogen-bond donors (Lipinski definition) is 2. The van der Waals surface area contributed by atoms with Crippen molar-refractivity contribution in [3.8, 4) is 11.1 Å². The minimum atomic E-state index is -1.20. The molecule has 0 aliphatic heterocycles. The van der Waals surface area contributed by atoms with Gasteiger partial charge in [0.2, 0.25) is 0 Å². The molecule has 5 heteroatoms. The Morgan fingerprint density at radius 1 is 1.00 bits per heavy atom. The smallest absolute Gasteiger partial charge is 0.408 e. The topological polar surface area (TPSA) is 77.8 Å². The molecule has 0 aromatic heterocycles. The molecule has 2 aromatic rings. The van der Waals surface area contributed by atoms with E-state index < -0.39 is 18.1 Å². The van der Waals surface area contributed by atoms with E-state index in [1.165, 1.54) is 5.56 Å². The highest BCUT2D eigenvalue weighted by Crippen LogP contribution is 2.22. The van der Waals surface area contributed by atoms with Gasteiger partial charge < -0.3 is 10.2 Å². The molecule has 1 amide bonds. The monoisotopic (exact) mass is 369 g/mol. The van der Waals surface area contributed by atoms with Crippen molar-refractivity contribution in [1.29, 1.82) is 0 Å². The SMILES string of the molecule is Cc1ccc(-c2cccc(CCN(C(=O)O)C(CC(C)C)C(=O)O)c2)cc1. The molecular weight excluding hydrogens is 342 g/mol. The lowest BCUT2D eigenvalue weighted by Crippen LogP contribution is -2.46. The lowest BCUT2D eigenvalue weighted by atomic mass is 10.00. The molecule has 27 heavy (non-hydrogen) atoms. The molecule has 0 aliphatic carbocycles. The summed E-state index contributed by atoms with van der Waals surface area (Å²) in [7, 11) is 0. The van der Waals surface area contributed by atoms with Crippen molar-refractivity contribution >= 4 is 12.1 Å². The number of aryl methyl sites for hydroxylation is 1. The van der Waals surface area contributed by atoms with Crippen LogP contribution in [0.3, 0.4) is 0 Å². The first-order chi connectivity index (χ1) is 12.8. The van der Waals surface area contributed by atoms with Gasteiger partial charge in [0.1, 0.15) is 6.04 Å². The van der Waals surface area contributed by atoms with Gasteiger partial charge in [-0.2, -0.15) is 0 Å². The van der Waals surface area contributed by atoms with E-state index in [1.807, 2.05) is 45.0 Å². The summed E-state index contributed by atoms with van der Waals surface area (Å²) in [5, 5.41) is 19.0. The summed E-state index contributed by atoms with van der Waals surface area (Å²) >= 11 is 0. The Morgan fingerprint density at radius 2 is 1.67 bits per heavy atom. The number of nitrogens with zero attached hydrogens (tertiary/aromatic N) is 1. The minimum absolute atomic E-state index is 0.0952. The number of benzene rings is 2. The zero-order valence-corrected chi connectivity index (χ0v) is 16.1. The van der Waals surface area contributed by atoms with E-state index in [1.54, 1.807) is 0 Å². The van der Waals surface area contributed by atoms with Crippen molar-refractivity contribution in [1.82, 2.24) is 4.90 Å². The van der Waals surface area contributed by atoms with Crippen molar-refractivity contribution in [2.24, 2.45) is 5.92 Å². The van der Waals surface area contributed by atoms with Crippen molar-refractivity contribution in [2.45, 2.75) is 39.7 Å². The first-order valence-corrected chi connectivity index (χ1v) is 9.16. The lowest BCUT2D eigenvalue weighted by Gasteiger charge is -2.27. The van der Waals surface area contributed by atoms with Crippen LogP contribution in [-0.4, -0.2) is 39.8 Å². The van der Waals surface area contributed by atoms with Crippen molar-refractivity contribution in [3.05, 3.63) is 59.7 Å². The molecule has 2 aromatic carbocycles. The highest BCUT2D eigenvalue weighted by atomic mass is 16.4. The standard InChI is InChI=1S/C22H27NO4/c1-15(2)13-20(21(24)25)23(22(26)27)12-11-17-5-4-6-19(14-17)18-9-7-16(3)8-10-18/h4-10,14-15,20H,11-13H2,1-3H3,(H,24,25)(H,26,27). The fraction of sp³-hybridized carbons (Fsp3) is 0.364. The molecule has 0 saturated heterocycles. The Balaban J connectivity index is 2.15. The largest absolute Gasteiger partial charge is 0.480 e. The third kappa shape index (κ3) is 5.84. The predicted molar refractivity (Wildman–Crippen MR) is 106 cm³/mol. The van der Waals surface area contributed by atoms with Crippen LogP contribution in [0.15, 0.2) is 48.5 Å². The van der Waals surface area contributed by atoms with Gasteiger partial charge in [-0.1, -0.05) is 67.9 Å². The van der Waals surface area contributed by atoms with E-state index >= 15 is 0 Å². The zero-order valence-electron chi connectivity index (χ0n) is 16.1. The maximum Gasteiger partial charge on any atom is 0.408 e. The second kappa shape index (κ2) is 9.21. The van der Waals surface area contributed by atoms with Crippen LogP contribution in [0.5, 0.6) is 0 Å². The molecular formula is C22H27NO4. The van der Waals surface area contributed by atoms with Gasteiger partial charge in [-0.15, -0.1) is 0 Å². The van der Waals surface area contributed by atoms with E-state index in [-0.39, 0.29) is 12.5 Å². The van der Waals surface area contributed by atoms with Gasteiger partial charge in [-0.3, -0.25) is 4.90 Å². The molecule has 1 atom stereocenters. The van der Waals surface area contributed by atoms with E-state index in [0.717, 1.165) is 21.6 Å². The molecule has 0 bridgehead atoms. The molecule has 1 unspecified atom stereocenters. The Morgan fingerprint density at radius 3 is 2.22 bits per heavy atom. The maximum absolute atomic E-state index is 11.6. The summed E-state index contributed by atoms with van der Waals surface area (Å²) in [6.07, 6.45) is -0.434. The summed E-state index contributed by atoms with van der Waals surface area (Å²) in [4.78, 5) is 24.2. The number of aliphatic carboxylic acids is 1.